The molecule has 1 heterocycles. The number of H-pyrrole nitrogens is 1. The first-order chi connectivity index (χ1) is 18.6. The van der Waals surface area contributed by atoms with Gasteiger partial charge in [0.15, 0.2) is 0 Å². The monoisotopic (exact) mass is 537 g/mol. The first-order valence-electron chi connectivity index (χ1n) is 12.7. The Morgan fingerprint density at radius 2 is 1.46 bits per heavy atom. The number of aliphatic carboxylic acids is 1. The number of amides is 3. The number of carbonyl (C=O) groups is 4. The molecule has 8 N–H and O–H groups in total. The van der Waals surface area contributed by atoms with Crippen molar-refractivity contribution in [3.8, 4) is 0 Å². The predicted molar refractivity (Wildman–Crippen MR) is 145 cm³/mol. The van der Waals surface area contributed by atoms with Crippen molar-refractivity contribution in [1.82, 2.24) is 20.9 Å². The zero-order valence-electron chi connectivity index (χ0n) is 21.9. The van der Waals surface area contributed by atoms with Crippen molar-refractivity contribution in [3.05, 3.63) is 71.9 Å². The number of aliphatic hydroxyl groups excluding tert-OH is 1. The van der Waals surface area contributed by atoms with Gasteiger partial charge in [-0.15, -0.1) is 0 Å². The molecular weight excluding hydrogens is 502 g/mol. The van der Waals surface area contributed by atoms with E-state index in [4.69, 9.17) is 5.73 Å². The number of rotatable bonds is 13. The molecule has 3 aromatic rings. The summed E-state index contributed by atoms with van der Waals surface area (Å²) in [7, 11) is 0. The number of hydrogen-bond acceptors (Lipinski definition) is 6. The number of aromatic amines is 1. The highest BCUT2D eigenvalue weighted by Crippen LogP contribution is 2.19. The lowest BCUT2D eigenvalue weighted by Gasteiger charge is -2.25. The second-order valence-corrected chi connectivity index (χ2v) is 9.73. The van der Waals surface area contributed by atoms with Gasteiger partial charge in [0.25, 0.3) is 0 Å². The van der Waals surface area contributed by atoms with Gasteiger partial charge in [-0.25, -0.2) is 4.79 Å². The van der Waals surface area contributed by atoms with Crippen molar-refractivity contribution >= 4 is 34.6 Å². The summed E-state index contributed by atoms with van der Waals surface area (Å²) in [6.45, 7) is 2.57. The second-order valence-electron chi connectivity index (χ2n) is 9.73. The first kappa shape index (κ1) is 29.3. The maximum absolute atomic E-state index is 13.2. The van der Waals surface area contributed by atoms with Crippen molar-refractivity contribution in [2.45, 2.75) is 50.9 Å². The van der Waals surface area contributed by atoms with E-state index in [1.165, 1.54) is 0 Å². The highest BCUT2D eigenvalue weighted by atomic mass is 16.4. The van der Waals surface area contributed by atoms with Crippen molar-refractivity contribution < 1.29 is 29.4 Å². The fourth-order valence-electron chi connectivity index (χ4n) is 4.20. The molecular formula is C28H35N5O6. The molecule has 2 aromatic carbocycles. The lowest BCUT2D eigenvalue weighted by atomic mass is 10.0. The first-order valence-corrected chi connectivity index (χ1v) is 12.7. The van der Waals surface area contributed by atoms with E-state index in [1.54, 1.807) is 20.0 Å². The van der Waals surface area contributed by atoms with Crippen molar-refractivity contribution in [1.29, 1.82) is 0 Å². The number of nitrogens with one attached hydrogen (secondary N) is 4. The van der Waals surface area contributed by atoms with Gasteiger partial charge >= 0.3 is 5.97 Å². The van der Waals surface area contributed by atoms with Crippen LogP contribution in [-0.2, 0) is 32.0 Å². The lowest BCUT2D eigenvalue weighted by Crippen LogP contribution is -2.59. The zero-order valence-corrected chi connectivity index (χ0v) is 21.9. The fraction of sp³-hybridized carbons (Fsp3) is 0.357. The third kappa shape index (κ3) is 7.88. The molecule has 4 atom stereocenters. The topological polar surface area (TPSA) is 187 Å². The van der Waals surface area contributed by atoms with Crippen LogP contribution in [0.25, 0.3) is 10.9 Å². The normalized spacial score (nSPS) is 14.3. The van der Waals surface area contributed by atoms with Crippen LogP contribution in [0.2, 0.25) is 0 Å². The van der Waals surface area contributed by atoms with Gasteiger partial charge in [0, 0.05) is 23.5 Å². The molecule has 3 rings (SSSR count). The zero-order chi connectivity index (χ0) is 28.5. The minimum atomic E-state index is -1.38. The van der Waals surface area contributed by atoms with Crippen molar-refractivity contribution in [3.63, 3.8) is 0 Å². The number of benzene rings is 2. The summed E-state index contributed by atoms with van der Waals surface area (Å²) in [6.07, 6.45) is 1.97. The number of nitrogens with two attached hydrogens (primary N) is 1. The van der Waals surface area contributed by atoms with Crippen LogP contribution in [0.1, 0.15) is 25.0 Å². The molecule has 0 saturated heterocycles. The number of fused-ring (bicyclic) bond motifs is 1. The number of aromatic nitrogens is 1. The minimum absolute atomic E-state index is 0.0334. The highest BCUT2D eigenvalue weighted by Gasteiger charge is 2.31. The highest BCUT2D eigenvalue weighted by molar-refractivity contribution is 5.95. The Morgan fingerprint density at radius 1 is 0.846 bits per heavy atom. The Bertz CT molecular complexity index is 1290. The molecule has 3 amide bonds. The summed E-state index contributed by atoms with van der Waals surface area (Å²) in [5, 5.41) is 27.7. The Labute approximate surface area is 226 Å². The standard InChI is InChI=1S/C28H35N5O6/c1-16(2)24(28(38)39)33-26(36)22(13-18-14-30-21-11-7-6-10-19(18)21)31-27(37)23(15-34)32-25(35)20(29)12-17-8-4-3-5-9-17/h3-11,14,16,20,22-24,30,34H,12-13,15,29H2,1-2H3,(H,31,37)(H,32,35)(H,33,36)(H,38,39). The molecule has 4 unspecified atom stereocenters. The van der Waals surface area contributed by atoms with E-state index in [1.807, 2.05) is 54.6 Å². The largest absolute Gasteiger partial charge is 0.480 e. The van der Waals surface area contributed by atoms with Crippen LogP contribution in [-0.4, -0.2) is 69.7 Å². The molecule has 11 heteroatoms. The number of hydrogen-bond donors (Lipinski definition) is 7. The molecule has 0 saturated carbocycles. The van der Waals surface area contributed by atoms with Gasteiger partial charge in [-0.1, -0.05) is 62.4 Å². The molecule has 208 valence electrons. The van der Waals surface area contributed by atoms with E-state index in [0.29, 0.717) is 0 Å². The Hall–Kier alpha value is -4.22. The maximum Gasteiger partial charge on any atom is 0.326 e. The van der Waals surface area contributed by atoms with Crippen molar-refractivity contribution in [2.75, 3.05) is 6.61 Å². The third-order valence-electron chi connectivity index (χ3n) is 6.41. The van der Waals surface area contributed by atoms with E-state index in [2.05, 4.69) is 20.9 Å². The second kappa shape index (κ2) is 13.5. The van der Waals surface area contributed by atoms with Crippen LogP contribution in [0.3, 0.4) is 0 Å². The van der Waals surface area contributed by atoms with E-state index in [-0.39, 0.29) is 12.8 Å². The Balaban J connectivity index is 1.76. The fourth-order valence-corrected chi connectivity index (χ4v) is 4.20. The smallest absolute Gasteiger partial charge is 0.326 e. The van der Waals surface area contributed by atoms with Gasteiger partial charge in [0.05, 0.1) is 12.6 Å². The SMILES string of the molecule is CC(C)C(NC(=O)C(Cc1c[nH]c2ccccc12)NC(=O)C(CO)NC(=O)C(N)Cc1ccccc1)C(=O)O. The number of para-hydroxylation sites is 1. The van der Waals surface area contributed by atoms with Crippen LogP contribution < -0.4 is 21.7 Å². The maximum atomic E-state index is 13.2. The van der Waals surface area contributed by atoms with Crippen LogP contribution in [0.4, 0.5) is 0 Å². The summed E-state index contributed by atoms with van der Waals surface area (Å²) < 4.78 is 0. The molecule has 39 heavy (non-hydrogen) atoms. The average molecular weight is 538 g/mol. The van der Waals surface area contributed by atoms with Crippen LogP contribution in [0.5, 0.6) is 0 Å². The average Bonchev–Trinajstić information content (AvgIpc) is 3.32. The summed E-state index contributed by atoms with van der Waals surface area (Å²) in [5.74, 6) is -3.78. The van der Waals surface area contributed by atoms with E-state index in [9.17, 15) is 29.4 Å². The van der Waals surface area contributed by atoms with Crippen molar-refractivity contribution in [2.24, 2.45) is 11.7 Å². The number of aliphatic hydroxyl groups is 1. The quantitative estimate of drug-likeness (QED) is 0.165. The van der Waals surface area contributed by atoms with E-state index in [0.717, 1.165) is 22.0 Å². The molecule has 0 radical (unpaired) electrons. The Morgan fingerprint density at radius 3 is 2.10 bits per heavy atom. The van der Waals surface area contributed by atoms with E-state index >= 15 is 0 Å². The molecule has 0 aliphatic carbocycles. The number of carbonyl (C=O) groups excluding carboxylic acids is 3. The van der Waals surface area contributed by atoms with Gasteiger partial charge in [-0.2, -0.15) is 0 Å². The Kier molecular flexibility index (Phi) is 10.2. The van der Waals surface area contributed by atoms with Crippen LogP contribution in [0.15, 0.2) is 60.8 Å². The summed E-state index contributed by atoms with van der Waals surface area (Å²) in [6, 6.07) is 11.8. The van der Waals surface area contributed by atoms with Crippen LogP contribution in [0, 0.1) is 5.92 Å². The molecule has 11 nitrogen and oxygen atoms in total. The molecule has 0 aliphatic heterocycles. The van der Waals surface area contributed by atoms with E-state index < -0.39 is 60.4 Å². The van der Waals surface area contributed by atoms with Gasteiger partial charge in [0.2, 0.25) is 17.7 Å². The number of carboxylic acid groups (broad SMARTS) is 1. The molecule has 0 spiro atoms. The minimum Gasteiger partial charge on any atom is -0.480 e. The summed E-state index contributed by atoms with van der Waals surface area (Å²) in [5.41, 5.74) is 8.39. The molecule has 1 aromatic heterocycles. The van der Waals surface area contributed by atoms with Gasteiger partial charge < -0.3 is 36.9 Å². The summed E-state index contributed by atoms with van der Waals surface area (Å²) >= 11 is 0. The molecule has 0 aliphatic rings. The molecule has 0 bridgehead atoms. The van der Waals surface area contributed by atoms with Gasteiger partial charge in [0.1, 0.15) is 18.1 Å². The van der Waals surface area contributed by atoms with Gasteiger partial charge in [-0.3, -0.25) is 14.4 Å². The predicted octanol–water partition coefficient (Wildman–Crippen LogP) is 0.468. The number of carboxylic acids is 1. The van der Waals surface area contributed by atoms with Gasteiger partial charge in [-0.05, 0) is 29.5 Å². The summed E-state index contributed by atoms with van der Waals surface area (Å²) in [4.78, 5) is 53.8. The molecule has 0 fully saturated rings. The lowest BCUT2D eigenvalue weighted by molar-refractivity contribution is -0.143. The third-order valence-corrected chi connectivity index (χ3v) is 6.41. The van der Waals surface area contributed by atoms with Crippen LogP contribution >= 0.6 is 0 Å².